The van der Waals surface area contributed by atoms with Crippen LogP contribution < -0.4 is 4.74 Å². The van der Waals surface area contributed by atoms with Crippen LogP contribution in [-0.2, 0) is 17.6 Å². The predicted molar refractivity (Wildman–Crippen MR) is 127 cm³/mol. The van der Waals surface area contributed by atoms with Gasteiger partial charge in [0.25, 0.3) is 11.8 Å². The molecule has 11 heteroatoms. The monoisotopic (exact) mass is 518 g/mol. The minimum atomic E-state index is -2.87. The molecule has 0 radical (unpaired) electrons. The van der Waals surface area contributed by atoms with Crippen LogP contribution in [0, 0.1) is 0 Å². The summed E-state index contributed by atoms with van der Waals surface area (Å²) < 4.78 is 38.1. The molecule has 0 spiro atoms. The Kier molecular flexibility index (Phi) is 6.10. The van der Waals surface area contributed by atoms with E-state index in [9.17, 15) is 18.4 Å². The third-order valence-electron chi connectivity index (χ3n) is 6.82. The summed E-state index contributed by atoms with van der Waals surface area (Å²) in [6.45, 7) is 0.762. The van der Waals surface area contributed by atoms with Gasteiger partial charge in [-0.15, -0.1) is 0 Å². The van der Waals surface area contributed by atoms with Crippen molar-refractivity contribution in [2.45, 2.75) is 44.1 Å². The number of carbonyl (C=O) groups excluding carboxylic acids is 2. The minimum absolute atomic E-state index is 0.283. The number of alkyl halides is 2. The van der Waals surface area contributed by atoms with Gasteiger partial charge in [0.15, 0.2) is 17.2 Å². The van der Waals surface area contributed by atoms with E-state index in [1.54, 1.807) is 37.4 Å². The lowest BCUT2D eigenvalue weighted by atomic mass is 9.93. The summed E-state index contributed by atoms with van der Waals surface area (Å²) in [5.74, 6) is -2.92. The molecule has 36 heavy (non-hydrogen) atoms. The SMILES string of the molecule is COc1cc(C(=O)N2CCCC2(C)C(=O)N2CC(F)(F)C2)cc2nc(CCc3cc(Cl)ccn3)oc12. The number of benzene rings is 1. The van der Waals surface area contributed by atoms with Gasteiger partial charge in [0, 0.05) is 35.4 Å². The van der Waals surface area contributed by atoms with Gasteiger partial charge in [-0.05, 0) is 50.5 Å². The number of amides is 2. The van der Waals surface area contributed by atoms with Gasteiger partial charge in [0.05, 0.1) is 20.2 Å². The number of hydrogen-bond acceptors (Lipinski definition) is 6. The van der Waals surface area contributed by atoms with E-state index in [1.807, 2.05) is 0 Å². The van der Waals surface area contributed by atoms with Crippen molar-refractivity contribution in [1.82, 2.24) is 19.8 Å². The van der Waals surface area contributed by atoms with E-state index in [0.717, 1.165) is 10.6 Å². The highest BCUT2D eigenvalue weighted by Crippen LogP contribution is 2.37. The molecule has 1 unspecified atom stereocenters. The Bertz CT molecular complexity index is 1340. The maximum Gasteiger partial charge on any atom is 0.282 e. The first-order chi connectivity index (χ1) is 17.1. The Balaban J connectivity index is 1.39. The number of likely N-dealkylation sites (tertiary alicyclic amines) is 2. The second-order valence-corrected chi connectivity index (χ2v) is 9.89. The van der Waals surface area contributed by atoms with Gasteiger partial charge in [-0.3, -0.25) is 14.6 Å². The lowest BCUT2D eigenvalue weighted by Crippen LogP contribution is -2.65. The van der Waals surface area contributed by atoms with Crippen LogP contribution in [0.15, 0.2) is 34.9 Å². The molecule has 2 saturated heterocycles. The molecule has 0 saturated carbocycles. The van der Waals surface area contributed by atoms with Crippen molar-refractivity contribution in [3.8, 4) is 5.75 Å². The van der Waals surface area contributed by atoms with E-state index in [4.69, 9.17) is 20.8 Å². The van der Waals surface area contributed by atoms with Gasteiger partial charge in [0.2, 0.25) is 5.91 Å². The average Bonchev–Trinajstić information content (AvgIpc) is 3.43. The number of hydrogen-bond donors (Lipinski definition) is 0. The Morgan fingerprint density at radius 3 is 2.69 bits per heavy atom. The third-order valence-corrected chi connectivity index (χ3v) is 7.05. The number of halogens is 3. The van der Waals surface area contributed by atoms with Crippen molar-refractivity contribution in [2.24, 2.45) is 0 Å². The number of ether oxygens (including phenoxy) is 1. The second-order valence-electron chi connectivity index (χ2n) is 9.45. The van der Waals surface area contributed by atoms with Crippen LogP contribution >= 0.6 is 11.6 Å². The summed E-state index contributed by atoms with van der Waals surface area (Å²) in [6, 6.07) is 6.63. The van der Waals surface area contributed by atoms with Crippen molar-refractivity contribution < 1.29 is 27.5 Å². The van der Waals surface area contributed by atoms with Crippen molar-refractivity contribution in [2.75, 3.05) is 26.7 Å². The molecular formula is C25H25ClF2N4O4. The minimum Gasteiger partial charge on any atom is -0.493 e. The molecule has 2 aliphatic rings. The lowest BCUT2D eigenvalue weighted by Gasteiger charge is -2.45. The summed E-state index contributed by atoms with van der Waals surface area (Å²) >= 11 is 6.02. The number of methoxy groups -OCH3 is 1. The molecule has 2 amide bonds. The smallest absolute Gasteiger partial charge is 0.282 e. The summed E-state index contributed by atoms with van der Waals surface area (Å²) in [5, 5.41) is 0.595. The molecule has 2 aromatic heterocycles. The van der Waals surface area contributed by atoms with Crippen LogP contribution in [0.5, 0.6) is 5.75 Å². The fraction of sp³-hybridized carbons (Fsp3) is 0.440. The number of nitrogens with zero attached hydrogens (tertiary/aromatic N) is 4. The third kappa shape index (κ3) is 4.38. The summed E-state index contributed by atoms with van der Waals surface area (Å²) in [4.78, 5) is 38.0. The number of pyridine rings is 1. The Morgan fingerprint density at radius 2 is 2.00 bits per heavy atom. The van der Waals surface area contributed by atoms with Crippen molar-refractivity contribution in [3.05, 3.63) is 52.6 Å². The summed E-state index contributed by atoms with van der Waals surface area (Å²) in [5.41, 5.74) is 0.748. The highest BCUT2D eigenvalue weighted by Gasteiger charge is 2.54. The zero-order valence-corrected chi connectivity index (χ0v) is 20.6. The van der Waals surface area contributed by atoms with Crippen LogP contribution in [0.2, 0.25) is 5.02 Å². The molecule has 5 rings (SSSR count). The van der Waals surface area contributed by atoms with Crippen molar-refractivity contribution in [1.29, 1.82) is 0 Å². The predicted octanol–water partition coefficient (Wildman–Crippen LogP) is 4.14. The molecule has 1 aromatic carbocycles. The first-order valence-electron chi connectivity index (χ1n) is 11.7. The van der Waals surface area contributed by atoms with Crippen molar-refractivity contribution >= 4 is 34.5 Å². The van der Waals surface area contributed by atoms with E-state index >= 15 is 0 Å². The maximum atomic E-state index is 13.6. The van der Waals surface area contributed by atoms with Gasteiger partial charge < -0.3 is 19.0 Å². The van der Waals surface area contributed by atoms with Crippen LogP contribution in [0.3, 0.4) is 0 Å². The number of fused-ring (bicyclic) bond motifs is 1. The molecule has 2 fully saturated rings. The fourth-order valence-electron chi connectivity index (χ4n) is 4.91. The summed E-state index contributed by atoms with van der Waals surface area (Å²) in [6.07, 6.45) is 3.67. The number of aromatic nitrogens is 2. The molecule has 1 atom stereocenters. The van der Waals surface area contributed by atoms with Gasteiger partial charge >= 0.3 is 0 Å². The number of aryl methyl sites for hydroxylation is 2. The maximum absolute atomic E-state index is 13.6. The van der Waals surface area contributed by atoms with E-state index in [2.05, 4.69) is 9.97 Å². The van der Waals surface area contributed by atoms with E-state index in [-0.39, 0.29) is 11.5 Å². The number of oxazole rings is 1. The van der Waals surface area contributed by atoms with Crippen LogP contribution in [-0.4, -0.2) is 69.8 Å². The Morgan fingerprint density at radius 1 is 1.22 bits per heavy atom. The molecule has 0 N–H and O–H groups in total. The fourth-order valence-corrected chi connectivity index (χ4v) is 5.10. The Labute approximate surface area is 211 Å². The van der Waals surface area contributed by atoms with Crippen LogP contribution in [0.25, 0.3) is 11.1 Å². The van der Waals surface area contributed by atoms with E-state index in [0.29, 0.717) is 60.0 Å². The quantitative estimate of drug-likeness (QED) is 0.487. The van der Waals surface area contributed by atoms with E-state index in [1.165, 1.54) is 12.0 Å². The largest absolute Gasteiger partial charge is 0.493 e. The standard InChI is InChI=1S/C25H25ClF2N4O4/c1-24(23(34)31-13-25(27,28)14-31)7-3-9-32(24)22(33)15-10-18-21(19(11-15)35-2)36-20(30-18)5-4-17-12-16(26)6-8-29-17/h6,8,10-12H,3-5,7,9,13-14H2,1-2H3. The molecule has 8 nitrogen and oxygen atoms in total. The van der Waals surface area contributed by atoms with Gasteiger partial charge in [-0.2, -0.15) is 0 Å². The number of rotatable bonds is 6. The highest BCUT2D eigenvalue weighted by atomic mass is 35.5. The molecule has 3 aromatic rings. The number of carbonyl (C=O) groups is 2. The molecule has 0 aliphatic carbocycles. The summed E-state index contributed by atoms with van der Waals surface area (Å²) in [7, 11) is 1.47. The average molecular weight is 519 g/mol. The normalized spacial score (nSPS) is 21.0. The second kappa shape index (κ2) is 8.99. The molecule has 0 bridgehead atoms. The molecular weight excluding hydrogens is 494 g/mol. The van der Waals surface area contributed by atoms with Crippen LogP contribution in [0.1, 0.15) is 41.7 Å². The molecule has 4 heterocycles. The van der Waals surface area contributed by atoms with Crippen LogP contribution in [0.4, 0.5) is 8.78 Å². The highest BCUT2D eigenvalue weighted by molar-refractivity contribution is 6.30. The molecule has 190 valence electrons. The first-order valence-corrected chi connectivity index (χ1v) is 12.0. The van der Waals surface area contributed by atoms with Gasteiger partial charge in [-0.1, -0.05) is 11.6 Å². The first kappa shape index (κ1) is 24.4. The van der Waals surface area contributed by atoms with Gasteiger partial charge in [0.1, 0.15) is 11.1 Å². The lowest BCUT2D eigenvalue weighted by molar-refractivity contribution is -0.173. The Hall–Kier alpha value is -3.27. The topological polar surface area (TPSA) is 88.8 Å². The van der Waals surface area contributed by atoms with Crippen molar-refractivity contribution in [3.63, 3.8) is 0 Å². The molecule has 2 aliphatic heterocycles. The van der Waals surface area contributed by atoms with Gasteiger partial charge in [-0.25, -0.2) is 13.8 Å². The zero-order valence-electron chi connectivity index (χ0n) is 19.9. The zero-order chi connectivity index (χ0) is 25.7. The van der Waals surface area contributed by atoms with E-state index < -0.39 is 30.5 Å².